The number of rotatable bonds is 1. The molecule has 1 saturated heterocycles. The average molecular weight is 508 g/mol. The molecule has 2 aliphatic rings. The van der Waals surface area contributed by atoms with Gasteiger partial charge in [0.15, 0.2) is 0 Å². The normalized spacial score (nSPS) is 18.1. The van der Waals surface area contributed by atoms with Gasteiger partial charge < -0.3 is 25.0 Å². The number of nitrogens with zero attached hydrogens (tertiary/aromatic N) is 2. The van der Waals surface area contributed by atoms with Gasteiger partial charge in [0, 0.05) is 42.3 Å². The molecule has 2 heterocycles. The van der Waals surface area contributed by atoms with Crippen molar-refractivity contribution in [2.45, 2.75) is 38.8 Å². The van der Waals surface area contributed by atoms with E-state index in [4.69, 9.17) is 26.8 Å². The van der Waals surface area contributed by atoms with Crippen molar-refractivity contribution in [2.24, 2.45) is 0 Å². The molecule has 0 aliphatic carbocycles. The summed E-state index contributed by atoms with van der Waals surface area (Å²) in [6, 6.07) is 15.2. The Kier molecular flexibility index (Phi) is 6.20. The van der Waals surface area contributed by atoms with Crippen molar-refractivity contribution < 1.29 is 19.1 Å². The van der Waals surface area contributed by atoms with Crippen molar-refractivity contribution in [1.29, 1.82) is 0 Å². The molecule has 3 aromatic rings. The topological polar surface area (TPSA) is 85.1 Å². The summed E-state index contributed by atoms with van der Waals surface area (Å²) >= 11 is 6.77. The number of piperazine rings is 1. The van der Waals surface area contributed by atoms with Gasteiger partial charge in [0.05, 0.1) is 18.2 Å². The number of hydrogen-bond donors (Lipinski definition) is 1. The number of nitrogens with two attached hydrogens (primary N) is 1. The van der Waals surface area contributed by atoms with Gasteiger partial charge in [-0.1, -0.05) is 35.9 Å². The van der Waals surface area contributed by atoms with Crippen LogP contribution in [0.4, 0.5) is 10.5 Å². The number of nitrogen functional groups attached to an aromatic ring is 1. The molecule has 8 heteroatoms. The van der Waals surface area contributed by atoms with E-state index in [1.807, 2.05) is 68.1 Å². The Balaban J connectivity index is 1.45. The third-order valence-corrected chi connectivity index (χ3v) is 6.91. The van der Waals surface area contributed by atoms with Gasteiger partial charge in [0.2, 0.25) is 0 Å². The van der Waals surface area contributed by atoms with Gasteiger partial charge in [0.25, 0.3) is 5.91 Å². The number of carbonyl (C=O) groups excluding carboxylic acids is 2. The van der Waals surface area contributed by atoms with Crippen molar-refractivity contribution in [3.05, 3.63) is 59.1 Å². The molecular formula is C28H30ClN3O4. The van der Waals surface area contributed by atoms with Gasteiger partial charge in [-0.05, 0) is 61.4 Å². The van der Waals surface area contributed by atoms with E-state index in [1.165, 1.54) is 0 Å². The Labute approximate surface area is 215 Å². The molecule has 3 aromatic carbocycles. The lowest BCUT2D eigenvalue weighted by Gasteiger charge is -2.42. The number of amides is 2. The molecule has 0 unspecified atom stereocenters. The molecule has 1 atom stereocenters. The first-order valence-electron chi connectivity index (χ1n) is 12.1. The first-order chi connectivity index (χ1) is 17.1. The van der Waals surface area contributed by atoms with Crippen molar-refractivity contribution in [3.8, 4) is 16.9 Å². The van der Waals surface area contributed by atoms with E-state index in [0.29, 0.717) is 54.7 Å². The van der Waals surface area contributed by atoms with Crippen LogP contribution in [0.1, 0.15) is 37.6 Å². The maximum Gasteiger partial charge on any atom is 0.410 e. The lowest BCUT2D eigenvalue weighted by Crippen LogP contribution is -2.58. The quantitative estimate of drug-likeness (QED) is 0.434. The highest BCUT2D eigenvalue weighted by Crippen LogP contribution is 2.39. The highest BCUT2D eigenvalue weighted by atomic mass is 35.5. The molecule has 0 saturated carbocycles. The molecule has 36 heavy (non-hydrogen) atoms. The van der Waals surface area contributed by atoms with Crippen LogP contribution in [0.25, 0.3) is 21.9 Å². The molecule has 0 radical (unpaired) electrons. The fourth-order valence-electron chi connectivity index (χ4n) is 4.89. The zero-order valence-electron chi connectivity index (χ0n) is 20.7. The number of benzene rings is 3. The first kappa shape index (κ1) is 24.3. The Morgan fingerprint density at radius 1 is 1.08 bits per heavy atom. The third kappa shape index (κ3) is 4.67. The minimum absolute atomic E-state index is 0.144. The molecule has 0 aromatic heterocycles. The summed E-state index contributed by atoms with van der Waals surface area (Å²) in [5, 5.41) is 2.49. The Hall–Kier alpha value is -3.45. The van der Waals surface area contributed by atoms with Gasteiger partial charge in [-0.15, -0.1) is 0 Å². The van der Waals surface area contributed by atoms with E-state index in [9.17, 15) is 9.59 Å². The van der Waals surface area contributed by atoms with Crippen LogP contribution in [0.3, 0.4) is 0 Å². The minimum atomic E-state index is -0.572. The second kappa shape index (κ2) is 9.21. The summed E-state index contributed by atoms with van der Waals surface area (Å²) in [7, 11) is 0. The van der Waals surface area contributed by atoms with E-state index in [-0.39, 0.29) is 18.0 Å². The van der Waals surface area contributed by atoms with E-state index < -0.39 is 5.60 Å². The number of hydrogen-bond acceptors (Lipinski definition) is 5. The molecule has 7 nitrogen and oxygen atoms in total. The predicted molar refractivity (Wildman–Crippen MR) is 142 cm³/mol. The summed E-state index contributed by atoms with van der Waals surface area (Å²) in [6.45, 7) is 7.18. The van der Waals surface area contributed by atoms with Crippen LogP contribution < -0.4 is 10.5 Å². The van der Waals surface area contributed by atoms with Crippen molar-refractivity contribution in [3.63, 3.8) is 0 Å². The summed E-state index contributed by atoms with van der Waals surface area (Å²) in [5.41, 5.74) is 8.29. The molecular weight excluding hydrogens is 478 g/mol. The van der Waals surface area contributed by atoms with Crippen molar-refractivity contribution in [2.75, 3.05) is 32.0 Å². The second-order valence-corrected chi connectivity index (χ2v) is 10.7. The van der Waals surface area contributed by atoms with Crippen LogP contribution in [-0.4, -0.2) is 59.7 Å². The monoisotopic (exact) mass is 507 g/mol. The summed E-state index contributed by atoms with van der Waals surface area (Å²) in [6.07, 6.45) is 0.245. The van der Waals surface area contributed by atoms with Gasteiger partial charge in [0.1, 0.15) is 11.4 Å². The van der Waals surface area contributed by atoms with Crippen LogP contribution in [0.5, 0.6) is 5.75 Å². The highest BCUT2D eigenvalue weighted by molar-refractivity contribution is 6.34. The maximum absolute atomic E-state index is 13.6. The predicted octanol–water partition coefficient (Wildman–Crippen LogP) is 5.59. The summed E-state index contributed by atoms with van der Waals surface area (Å²) in [5.74, 6) is 0.363. The Morgan fingerprint density at radius 2 is 1.89 bits per heavy atom. The SMILES string of the molecule is CC(C)(C)OC(=O)N1CCN2C(=O)c3cc(Cl)c(-c4cccc5ccc(N)cc45)cc3OCC[C@H]2C1. The van der Waals surface area contributed by atoms with Crippen LogP contribution in [0.15, 0.2) is 48.5 Å². The molecule has 0 spiro atoms. The van der Waals surface area contributed by atoms with Gasteiger partial charge in [-0.25, -0.2) is 4.79 Å². The molecule has 2 amide bonds. The smallest absolute Gasteiger partial charge is 0.410 e. The highest BCUT2D eigenvalue weighted by Gasteiger charge is 2.37. The number of fused-ring (bicyclic) bond motifs is 3. The number of carbonyl (C=O) groups is 2. The van der Waals surface area contributed by atoms with Crippen LogP contribution in [0.2, 0.25) is 5.02 Å². The molecule has 2 aliphatic heterocycles. The van der Waals surface area contributed by atoms with E-state index in [2.05, 4.69) is 0 Å². The maximum atomic E-state index is 13.6. The number of halogens is 1. The number of ether oxygens (including phenoxy) is 2. The summed E-state index contributed by atoms with van der Waals surface area (Å²) in [4.78, 5) is 29.7. The lowest BCUT2D eigenvalue weighted by atomic mass is 9.95. The molecule has 1 fully saturated rings. The van der Waals surface area contributed by atoms with Crippen molar-refractivity contribution in [1.82, 2.24) is 9.80 Å². The van der Waals surface area contributed by atoms with Gasteiger partial charge in [-0.2, -0.15) is 0 Å². The Morgan fingerprint density at radius 3 is 2.67 bits per heavy atom. The number of anilines is 1. The summed E-state index contributed by atoms with van der Waals surface area (Å²) < 4.78 is 11.6. The average Bonchev–Trinajstić information content (AvgIpc) is 2.82. The van der Waals surface area contributed by atoms with E-state index in [0.717, 1.165) is 21.9 Å². The lowest BCUT2D eigenvalue weighted by molar-refractivity contribution is 0.00109. The Bertz CT molecular complexity index is 1350. The third-order valence-electron chi connectivity index (χ3n) is 6.60. The van der Waals surface area contributed by atoms with Crippen molar-refractivity contribution >= 4 is 40.1 Å². The fourth-order valence-corrected chi connectivity index (χ4v) is 5.16. The fraction of sp³-hybridized carbons (Fsp3) is 0.357. The molecule has 0 bridgehead atoms. The minimum Gasteiger partial charge on any atom is -0.493 e. The largest absolute Gasteiger partial charge is 0.493 e. The van der Waals surface area contributed by atoms with Gasteiger partial charge in [-0.3, -0.25) is 4.79 Å². The molecule has 5 rings (SSSR count). The van der Waals surface area contributed by atoms with E-state index >= 15 is 0 Å². The standard InChI is InChI=1S/C28H30ClN3O4/c1-28(2,3)36-27(34)31-10-11-32-19(16-31)9-12-35-25-15-22(24(29)14-23(25)26(32)33)20-6-4-5-17-7-8-18(30)13-21(17)20/h4-8,13-15,19H,9-12,16,30H2,1-3H3/t19-/m0/s1. The second-order valence-electron chi connectivity index (χ2n) is 10.3. The zero-order valence-corrected chi connectivity index (χ0v) is 21.5. The van der Waals surface area contributed by atoms with E-state index in [1.54, 1.807) is 11.0 Å². The zero-order chi connectivity index (χ0) is 25.6. The van der Waals surface area contributed by atoms with Crippen LogP contribution >= 0.6 is 11.6 Å². The van der Waals surface area contributed by atoms with Gasteiger partial charge >= 0.3 is 6.09 Å². The first-order valence-corrected chi connectivity index (χ1v) is 12.5. The molecule has 2 N–H and O–H groups in total. The van der Waals surface area contributed by atoms with Crippen LogP contribution in [0, 0.1) is 0 Å². The molecule has 188 valence electrons. The van der Waals surface area contributed by atoms with Crippen LogP contribution in [-0.2, 0) is 4.74 Å².